The number of ether oxygens (including phenoxy) is 1. The highest BCUT2D eigenvalue weighted by Crippen LogP contribution is 2.32. The Morgan fingerprint density at radius 2 is 1.82 bits per heavy atom. The minimum Gasteiger partial charge on any atom is -0.457 e. The monoisotopic (exact) mass is 475 g/mol. The van der Waals surface area contributed by atoms with Gasteiger partial charge in [-0.2, -0.15) is 0 Å². The first-order valence-corrected chi connectivity index (χ1v) is 12.3. The number of Topliss-reactive ketones (excluding diaryl/α,β-unsaturated/α-hetero) is 1. The van der Waals surface area contributed by atoms with Gasteiger partial charge in [0.05, 0.1) is 34.7 Å². The molecule has 0 aliphatic carbocycles. The van der Waals surface area contributed by atoms with Gasteiger partial charge in [0.25, 0.3) is 0 Å². The Balaban J connectivity index is 2.32. The number of nitrogens with zero attached hydrogens (tertiary/aromatic N) is 1. The lowest BCUT2D eigenvalue weighted by molar-refractivity contribution is -0.154. The van der Waals surface area contributed by atoms with Crippen LogP contribution in [0.5, 0.6) is 0 Å². The number of cyclic esters (lactones) is 1. The average Bonchev–Trinajstić information content (AvgIpc) is 3.16. The van der Waals surface area contributed by atoms with E-state index >= 15 is 0 Å². The summed E-state index contributed by atoms with van der Waals surface area (Å²) in [6.45, 7) is 10.6. The molecule has 1 aliphatic rings. The molecule has 6 nitrogen and oxygen atoms in total. The third kappa shape index (κ3) is 7.45. The van der Waals surface area contributed by atoms with Crippen LogP contribution in [0.4, 0.5) is 0 Å². The van der Waals surface area contributed by atoms with E-state index in [0.29, 0.717) is 12.8 Å². The number of aliphatic hydroxyl groups excluding tert-OH is 2. The molecule has 0 saturated heterocycles. The Kier molecular flexibility index (Phi) is 9.76. The molecule has 1 aromatic heterocycles. The van der Waals surface area contributed by atoms with Gasteiger partial charge in [-0.1, -0.05) is 52.0 Å². The molecule has 2 rings (SSSR count). The van der Waals surface area contributed by atoms with Crippen molar-refractivity contribution in [1.82, 2.24) is 4.98 Å². The molecule has 5 atom stereocenters. The smallest absolute Gasteiger partial charge is 0.309 e. The number of esters is 1. The van der Waals surface area contributed by atoms with Crippen molar-refractivity contribution in [2.45, 2.75) is 79.1 Å². The highest BCUT2D eigenvalue weighted by atomic mass is 32.1. The molecule has 0 saturated carbocycles. The molecule has 33 heavy (non-hydrogen) atoms. The Bertz CT molecular complexity index is 914. The van der Waals surface area contributed by atoms with Crippen molar-refractivity contribution < 1.29 is 24.5 Å². The first-order valence-electron chi connectivity index (χ1n) is 11.4. The lowest BCUT2D eigenvalue weighted by Gasteiger charge is -2.34. The second kappa shape index (κ2) is 11.9. The van der Waals surface area contributed by atoms with Crippen molar-refractivity contribution in [1.29, 1.82) is 0 Å². The maximum absolute atomic E-state index is 13.1. The van der Waals surface area contributed by atoms with Crippen LogP contribution in [-0.4, -0.2) is 45.3 Å². The van der Waals surface area contributed by atoms with Crippen molar-refractivity contribution in [2.24, 2.45) is 17.3 Å². The molecule has 0 radical (unpaired) electrons. The van der Waals surface area contributed by atoms with Gasteiger partial charge in [-0.05, 0) is 37.8 Å². The van der Waals surface area contributed by atoms with Gasteiger partial charge >= 0.3 is 5.97 Å². The number of ketones is 1. The van der Waals surface area contributed by atoms with Gasteiger partial charge in [0.15, 0.2) is 0 Å². The highest BCUT2D eigenvalue weighted by Gasteiger charge is 2.42. The van der Waals surface area contributed by atoms with Gasteiger partial charge in [-0.15, -0.1) is 11.3 Å². The van der Waals surface area contributed by atoms with E-state index in [4.69, 9.17) is 4.74 Å². The quantitative estimate of drug-likeness (QED) is 0.604. The summed E-state index contributed by atoms with van der Waals surface area (Å²) in [5, 5.41) is 24.3. The maximum Gasteiger partial charge on any atom is 0.309 e. The number of hydrogen-bond acceptors (Lipinski definition) is 7. The van der Waals surface area contributed by atoms with Crippen LogP contribution in [-0.2, 0) is 14.3 Å². The van der Waals surface area contributed by atoms with Crippen LogP contribution < -0.4 is 0 Å². The van der Waals surface area contributed by atoms with Gasteiger partial charge in [0.2, 0.25) is 0 Å². The van der Waals surface area contributed by atoms with Crippen molar-refractivity contribution in [3.05, 3.63) is 46.0 Å². The number of carbonyl (C=O) groups excluding carboxylic acids is 2. The van der Waals surface area contributed by atoms with E-state index in [1.807, 2.05) is 56.5 Å². The molecular formula is C26H37NO5S. The Morgan fingerprint density at radius 3 is 2.42 bits per heavy atom. The van der Waals surface area contributed by atoms with E-state index in [9.17, 15) is 19.8 Å². The zero-order valence-electron chi connectivity index (χ0n) is 20.4. The molecule has 0 spiro atoms. The fraction of sp³-hybridized carbons (Fsp3) is 0.577. The number of aryl methyl sites for hydroxylation is 1. The van der Waals surface area contributed by atoms with E-state index in [1.54, 1.807) is 32.1 Å². The van der Waals surface area contributed by atoms with Crippen LogP contribution in [0, 0.1) is 24.2 Å². The fourth-order valence-corrected chi connectivity index (χ4v) is 4.48. The molecule has 0 fully saturated rings. The van der Waals surface area contributed by atoms with Gasteiger partial charge in [0.1, 0.15) is 11.9 Å². The van der Waals surface area contributed by atoms with E-state index in [0.717, 1.165) is 16.3 Å². The summed E-state index contributed by atoms with van der Waals surface area (Å²) in [7, 11) is 0. The fourth-order valence-electron chi connectivity index (χ4n) is 3.91. The number of carbonyl (C=O) groups is 2. The Labute approximate surface area is 201 Å². The summed E-state index contributed by atoms with van der Waals surface area (Å²) in [6, 6.07) is 0. The van der Waals surface area contributed by atoms with Crippen molar-refractivity contribution in [2.75, 3.05) is 0 Å². The van der Waals surface area contributed by atoms with E-state index in [-0.39, 0.29) is 18.1 Å². The number of allylic oxidation sites excluding steroid dienone is 3. The molecule has 0 unspecified atom stereocenters. The molecule has 2 heterocycles. The Morgan fingerprint density at radius 1 is 1.18 bits per heavy atom. The van der Waals surface area contributed by atoms with Crippen molar-refractivity contribution in [3.8, 4) is 0 Å². The summed E-state index contributed by atoms with van der Waals surface area (Å²) >= 11 is 1.55. The van der Waals surface area contributed by atoms with Crippen LogP contribution >= 0.6 is 11.3 Å². The summed E-state index contributed by atoms with van der Waals surface area (Å²) < 4.78 is 5.73. The van der Waals surface area contributed by atoms with Gasteiger partial charge in [-0.3, -0.25) is 9.59 Å². The third-order valence-electron chi connectivity index (χ3n) is 6.37. The average molecular weight is 476 g/mol. The number of hydrogen-bond donors (Lipinski definition) is 2. The predicted molar refractivity (Wildman–Crippen MR) is 132 cm³/mol. The largest absolute Gasteiger partial charge is 0.457 e. The number of aromatic nitrogens is 1. The molecular weight excluding hydrogens is 438 g/mol. The maximum atomic E-state index is 13.1. The molecule has 0 aromatic carbocycles. The van der Waals surface area contributed by atoms with Gasteiger partial charge in [0, 0.05) is 17.7 Å². The normalized spacial score (nSPS) is 32.2. The second-order valence-corrected chi connectivity index (χ2v) is 10.6. The standard InChI is InChI=1S/C26H37NO5S/c1-16-11-9-7-8-10-12-21(17(2)13-20-15-33-19(4)27-20)32-23(29)14-22(28)26(5,6)25(31)18(3)24(16)30/h7-10,13,15-16,18,21-22,24,28,30H,11-12,14H2,1-6H3/b9-7+,10-8-,17-13-/t16-,18+,21-,22-,24-/m0/s1. The zero-order chi connectivity index (χ0) is 24.8. The van der Waals surface area contributed by atoms with Crippen LogP contribution in [0.15, 0.2) is 35.3 Å². The van der Waals surface area contributed by atoms with Crippen LogP contribution in [0.3, 0.4) is 0 Å². The van der Waals surface area contributed by atoms with Gasteiger partial charge in [-0.25, -0.2) is 4.98 Å². The Hall–Kier alpha value is -2.09. The summed E-state index contributed by atoms with van der Waals surface area (Å²) in [5.41, 5.74) is 0.457. The number of rotatable bonds is 2. The van der Waals surface area contributed by atoms with Crippen LogP contribution in [0.2, 0.25) is 0 Å². The van der Waals surface area contributed by atoms with E-state index < -0.39 is 35.6 Å². The lowest BCUT2D eigenvalue weighted by atomic mass is 9.73. The molecule has 0 bridgehead atoms. The zero-order valence-corrected chi connectivity index (χ0v) is 21.3. The molecule has 182 valence electrons. The third-order valence-corrected chi connectivity index (χ3v) is 7.16. The molecule has 0 amide bonds. The highest BCUT2D eigenvalue weighted by molar-refractivity contribution is 7.09. The molecule has 7 heteroatoms. The molecule has 1 aliphatic heterocycles. The van der Waals surface area contributed by atoms with Gasteiger partial charge < -0.3 is 14.9 Å². The van der Waals surface area contributed by atoms with Crippen molar-refractivity contribution in [3.63, 3.8) is 0 Å². The summed E-state index contributed by atoms with van der Waals surface area (Å²) in [4.78, 5) is 30.3. The first-order chi connectivity index (χ1) is 15.4. The minimum absolute atomic E-state index is 0.126. The summed E-state index contributed by atoms with van der Waals surface area (Å²) in [5.74, 6) is -1.64. The lowest BCUT2D eigenvalue weighted by Crippen LogP contribution is -2.45. The second-order valence-electron chi connectivity index (χ2n) is 9.55. The summed E-state index contributed by atoms with van der Waals surface area (Å²) in [6.07, 6.45) is 7.77. The first kappa shape index (κ1) is 27.2. The predicted octanol–water partition coefficient (Wildman–Crippen LogP) is 4.65. The SMILES string of the molecule is C/C(=C/c1csc(C)n1)[C@@H]1C/C=C\C=C\C[C@H](C)[C@H](O)[C@@H](C)C(=O)C(C)(C)[C@@H](O)CC(=O)O1. The molecule has 1 aromatic rings. The minimum atomic E-state index is -1.23. The van der Waals surface area contributed by atoms with E-state index in [1.165, 1.54) is 0 Å². The van der Waals surface area contributed by atoms with E-state index in [2.05, 4.69) is 4.98 Å². The number of aliphatic hydroxyl groups is 2. The topological polar surface area (TPSA) is 96.7 Å². The number of thiazole rings is 1. The van der Waals surface area contributed by atoms with Crippen molar-refractivity contribution >= 4 is 29.2 Å². The van der Waals surface area contributed by atoms with Crippen LogP contribution in [0.25, 0.3) is 6.08 Å². The van der Waals surface area contributed by atoms with Crippen LogP contribution in [0.1, 0.15) is 64.6 Å². The molecule has 2 N–H and O–H groups in total.